The second kappa shape index (κ2) is 8.29. The smallest absolute Gasteiger partial charge is 0.261 e. The molecule has 0 aliphatic carbocycles. The highest BCUT2D eigenvalue weighted by Gasteiger charge is 2.25. The average Bonchev–Trinajstić information content (AvgIpc) is 3.42. The van der Waals surface area contributed by atoms with Gasteiger partial charge in [0.2, 0.25) is 5.43 Å². The van der Waals surface area contributed by atoms with Crippen LogP contribution in [0, 0.1) is 0 Å². The number of pyridine rings is 1. The summed E-state index contributed by atoms with van der Waals surface area (Å²) in [6.45, 7) is 0. The molecule has 0 bridgehead atoms. The highest BCUT2D eigenvalue weighted by Crippen LogP contribution is 2.35. The van der Waals surface area contributed by atoms with E-state index < -0.39 is 11.3 Å². The van der Waals surface area contributed by atoms with Crippen LogP contribution in [0.2, 0.25) is 5.02 Å². The van der Waals surface area contributed by atoms with Gasteiger partial charge in [-0.2, -0.15) is 0 Å². The van der Waals surface area contributed by atoms with Crippen LogP contribution in [0.3, 0.4) is 0 Å². The number of fused-ring (bicyclic) bond motifs is 1. The summed E-state index contributed by atoms with van der Waals surface area (Å²) in [6, 6.07) is 15.6. The van der Waals surface area contributed by atoms with Gasteiger partial charge in [0.05, 0.1) is 11.3 Å². The molecule has 7 nitrogen and oxygen atoms in total. The molecule has 0 saturated carbocycles. The molecule has 8 heteroatoms. The summed E-state index contributed by atoms with van der Waals surface area (Å²) in [5.41, 5.74) is 3.68. The number of amides is 2. The monoisotopic (exact) mass is 456 g/mol. The van der Waals surface area contributed by atoms with Gasteiger partial charge in [0.25, 0.3) is 11.8 Å². The Labute approximate surface area is 193 Å². The van der Waals surface area contributed by atoms with Crippen molar-refractivity contribution in [3.05, 3.63) is 105 Å². The summed E-state index contributed by atoms with van der Waals surface area (Å²) in [5.74, 6) is -0.784. The van der Waals surface area contributed by atoms with E-state index in [9.17, 15) is 14.4 Å². The molecule has 33 heavy (non-hydrogen) atoms. The molecule has 5 rings (SSSR count). The number of rotatable bonds is 4. The molecule has 2 aromatic carbocycles. The minimum atomic E-state index is -0.557. The van der Waals surface area contributed by atoms with E-state index in [2.05, 4.69) is 20.6 Å². The number of aromatic nitrogens is 2. The SMILES string of the molecule is O=C1Nc2cc(NC(=O)c3c[nH]cc(-c4ccc(Cl)cc4)c3=O)ccc2C1=Cc1ccc[nH]1. The van der Waals surface area contributed by atoms with E-state index in [1.54, 1.807) is 60.9 Å². The second-order valence-electron chi connectivity index (χ2n) is 7.47. The minimum Gasteiger partial charge on any atom is -0.366 e. The molecule has 4 aromatic rings. The van der Waals surface area contributed by atoms with Gasteiger partial charge in [-0.15, -0.1) is 0 Å². The lowest BCUT2D eigenvalue weighted by atomic mass is 10.0. The van der Waals surface area contributed by atoms with Gasteiger partial charge in [0.1, 0.15) is 5.56 Å². The summed E-state index contributed by atoms with van der Waals surface area (Å²) in [4.78, 5) is 44.1. The van der Waals surface area contributed by atoms with Crippen LogP contribution in [0.4, 0.5) is 11.4 Å². The zero-order valence-electron chi connectivity index (χ0n) is 17.1. The van der Waals surface area contributed by atoms with Crippen LogP contribution in [-0.4, -0.2) is 21.8 Å². The van der Waals surface area contributed by atoms with Crippen LogP contribution in [0.25, 0.3) is 22.8 Å². The summed E-state index contributed by atoms with van der Waals surface area (Å²) in [5, 5.41) is 6.10. The highest BCUT2D eigenvalue weighted by molar-refractivity contribution is 6.35. The third-order valence-electron chi connectivity index (χ3n) is 5.33. The van der Waals surface area contributed by atoms with Crippen LogP contribution in [0.15, 0.2) is 78.0 Å². The van der Waals surface area contributed by atoms with Crippen LogP contribution >= 0.6 is 11.6 Å². The summed E-state index contributed by atoms with van der Waals surface area (Å²) >= 11 is 5.92. The average molecular weight is 457 g/mol. The quantitative estimate of drug-likeness (QED) is 0.332. The number of benzene rings is 2. The van der Waals surface area contributed by atoms with E-state index in [0.29, 0.717) is 33.1 Å². The molecule has 3 heterocycles. The second-order valence-corrected chi connectivity index (χ2v) is 7.91. The predicted molar refractivity (Wildman–Crippen MR) is 129 cm³/mol. The largest absolute Gasteiger partial charge is 0.366 e. The zero-order valence-corrected chi connectivity index (χ0v) is 17.9. The molecule has 0 unspecified atom stereocenters. The Bertz CT molecular complexity index is 1470. The Morgan fingerprint density at radius 2 is 1.79 bits per heavy atom. The van der Waals surface area contributed by atoms with E-state index in [1.807, 2.05) is 12.1 Å². The lowest BCUT2D eigenvalue weighted by Crippen LogP contribution is -2.22. The van der Waals surface area contributed by atoms with Crippen molar-refractivity contribution in [1.29, 1.82) is 0 Å². The van der Waals surface area contributed by atoms with E-state index in [0.717, 1.165) is 11.3 Å². The molecule has 162 valence electrons. The first-order valence-corrected chi connectivity index (χ1v) is 10.5. The van der Waals surface area contributed by atoms with Crippen molar-refractivity contribution < 1.29 is 9.59 Å². The maximum Gasteiger partial charge on any atom is 0.261 e. The molecule has 0 spiro atoms. The zero-order chi connectivity index (χ0) is 22.9. The number of H-pyrrole nitrogens is 2. The maximum atomic E-state index is 12.9. The van der Waals surface area contributed by atoms with E-state index in [1.165, 1.54) is 6.20 Å². The van der Waals surface area contributed by atoms with Gasteiger partial charge in [-0.3, -0.25) is 14.4 Å². The van der Waals surface area contributed by atoms with Crippen LogP contribution in [0.5, 0.6) is 0 Å². The van der Waals surface area contributed by atoms with Crippen LogP contribution in [0.1, 0.15) is 21.6 Å². The number of carbonyl (C=O) groups is 2. The predicted octanol–water partition coefficient (Wildman–Crippen LogP) is 4.77. The van der Waals surface area contributed by atoms with Gasteiger partial charge < -0.3 is 20.6 Å². The third-order valence-corrected chi connectivity index (χ3v) is 5.58. The standard InChI is InChI=1S/C25H17ClN4O3/c26-15-5-3-14(4-6-15)20-12-27-13-21(23(20)31)25(33)29-17-7-8-18-19(10-16-2-1-9-28-16)24(32)30-22(18)11-17/h1-13,28H,(H,27,31)(H,29,33)(H,30,32). The number of nitrogens with one attached hydrogen (secondary N) is 4. The lowest BCUT2D eigenvalue weighted by molar-refractivity contribution is -0.110. The molecule has 1 aliphatic rings. The van der Waals surface area contributed by atoms with Crippen molar-refractivity contribution in [2.24, 2.45) is 0 Å². The van der Waals surface area contributed by atoms with Crippen molar-refractivity contribution in [3.63, 3.8) is 0 Å². The molecule has 2 aromatic heterocycles. The number of anilines is 2. The van der Waals surface area contributed by atoms with Crippen LogP contribution < -0.4 is 16.1 Å². The molecule has 1 aliphatic heterocycles. The fourth-order valence-electron chi connectivity index (χ4n) is 3.70. The van der Waals surface area contributed by atoms with E-state index in [4.69, 9.17) is 11.6 Å². The van der Waals surface area contributed by atoms with Gasteiger partial charge >= 0.3 is 0 Å². The molecule has 0 radical (unpaired) electrons. The Morgan fingerprint density at radius 3 is 2.55 bits per heavy atom. The summed E-state index contributed by atoms with van der Waals surface area (Å²) in [6.07, 6.45) is 6.46. The van der Waals surface area contributed by atoms with Crippen molar-refractivity contribution in [1.82, 2.24) is 9.97 Å². The first-order chi connectivity index (χ1) is 16.0. The molecule has 2 amide bonds. The molecule has 0 fully saturated rings. The van der Waals surface area contributed by atoms with Gasteiger partial charge in [0, 0.05) is 46.1 Å². The molecule has 0 saturated heterocycles. The fraction of sp³-hybridized carbons (Fsp3) is 0. The summed E-state index contributed by atoms with van der Waals surface area (Å²) < 4.78 is 0. The first-order valence-electron chi connectivity index (χ1n) is 10.1. The minimum absolute atomic E-state index is 0.0284. The van der Waals surface area contributed by atoms with Gasteiger partial charge in [-0.05, 0) is 48.0 Å². The fourth-order valence-corrected chi connectivity index (χ4v) is 3.83. The van der Waals surface area contributed by atoms with E-state index >= 15 is 0 Å². The molecule has 4 N–H and O–H groups in total. The van der Waals surface area contributed by atoms with Crippen molar-refractivity contribution in [2.45, 2.75) is 0 Å². The number of aromatic amines is 2. The number of carbonyl (C=O) groups excluding carboxylic acids is 2. The lowest BCUT2D eigenvalue weighted by Gasteiger charge is -2.08. The molecular formula is C25H17ClN4O3. The van der Waals surface area contributed by atoms with Crippen molar-refractivity contribution in [2.75, 3.05) is 10.6 Å². The maximum absolute atomic E-state index is 12.9. The Kier molecular flexibility index (Phi) is 5.16. The highest BCUT2D eigenvalue weighted by atomic mass is 35.5. The third kappa shape index (κ3) is 3.97. The number of halogens is 1. The molecule has 0 atom stereocenters. The van der Waals surface area contributed by atoms with Gasteiger partial charge in [0.15, 0.2) is 0 Å². The number of hydrogen-bond donors (Lipinski definition) is 4. The first kappa shape index (κ1) is 20.5. The Balaban J connectivity index is 1.41. The van der Waals surface area contributed by atoms with Gasteiger partial charge in [-0.25, -0.2) is 0 Å². The molecular weight excluding hydrogens is 440 g/mol. The summed E-state index contributed by atoms with van der Waals surface area (Å²) in [7, 11) is 0. The van der Waals surface area contributed by atoms with Crippen molar-refractivity contribution >= 4 is 46.4 Å². The van der Waals surface area contributed by atoms with E-state index in [-0.39, 0.29) is 11.5 Å². The van der Waals surface area contributed by atoms with Gasteiger partial charge in [-0.1, -0.05) is 29.8 Å². The normalized spacial score (nSPS) is 13.6. The Hall–Kier alpha value is -4.36. The van der Waals surface area contributed by atoms with Crippen LogP contribution in [-0.2, 0) is 4.79 Å². The Morgan fingerprint density at radius 1 is 0.970 bits per heavy atom. The number of hydrogen-bond acceptors (Lipinski definition) is 3. The topological polar surface area (TPSA) is 107 Å². The van der Waals surface area contributed by atoms with Crippen molar-refractivity contribution in [3.8, 4) is 11.1 Å².